The Morgan fingerprint density at radius 3 is 2.67 bits per heavy atom. The van der Waals surface area contributed by atoms with Crippen LogP contribution < -0.4 is 0 Å². The summed E-state index contributed by atoms with van der Waals surface area (Å²) in [6, 6.07) is 4.06. The normalized spacial score (nSPS) is 19.9. The van der Waals surface area contributed by atoms with Crippen molar-refractivity contribution in [3.63, 3.8) is 0 Å². The molecule has 1 aromatic rings. The maximum absolute atomic E-state index is 12.1. The SMILES string of the molecule is CC(C)(C)OC(=O)N1CCC[C@H]1c1ccncc1. The third-order valence-corrected chi connectivity index (χ3v) is 2.97. The van der Waals surface area contributed by atoms with Crippen LogP contribution in [0, 0.1) is 0 Å². The highest BCUT2D eigenvalue weighted by molar-refractivity contribution is 5.69. The minimum atomic E-state index is -0.442. The minimum absolute atomic E-state index is 0.128. The summed E-state index contributed by atoms with van der Waals surface area (Å²) in [5.74, 6) is 0. The molecule has 18 heavy (non-hydrogen) atoms. The summed E-state index contributed by atoms with van der Waals surface area (Å²) in [5.41, 5.74) is 0.691. The molecule has 0 saturated carbocycles. The van der Waals surface area contributed by atoms with Gasteiger partial charge in [0, 0.05) is 18.9 Å². The lowest BCUT2D eigenvalue weighted by Crippen LogP contribution is -2.36. The van der Waals surface area contributed by atoms with Gasteiger partial charge in [0.25, 0.3) is 0 Å². The second-order valence-electron chi connectivity index (χ2n) is 5.61. The van der Waals surface area contributed by atoms with Crippen LogP contribution in [0.1, 0.15) is 45.2 Å². The van der Waals surface area contributed by atoms with Crippen LogP contribution in [-0.2, 0) is 4.74 Å². The molecule has 0 bridgehead atoms. The predicted octanol–water partition coefficient (Wildman–Crippen LogP) is 3.15. The number of hydrogen-bond donors (Lipinski definition) is 0. The van der Waals surface area contributed by atoms with Gasteiger partial charge in [-0.1, -0.05) is 0 Å². The number of carbonyl (C=O) groups excluding carboxylic acids is 1. The summed E-state index contributed by atoms with van der Waals surface area (Å²) >= 11 is 0. The average Bonchev–Trinajstić information content (AvgIpc) is 2.76. The van der Waals surface area contributed by atoms with Gasteiger partial charge in [-0.25, -0.2) is 4.79 Å². The van der Waals surface area contributed by atoms with Crippen LogP contribution in [0.15, 0.2) is 24.5 Å². The van der Waals surface area contributed by atoms with Gasteiger partial charge in [0.2, 0.25) is 0 Å². The molecule has 2 rings (SSSR count). The molecule has 1 aliphatic rings. The molecule has 1 aromatic heterocycles. The number of carbonyl (C=O) groups is 1. The van der Waals surface area contributed by atoms with Crippen LogP contribution in [0.4, 0.5) is 4.79 Å². The molecule has 1 fully saturated rings. The van der Waals surface area contributed by atoms with Crippen molar-refractivity contribution in [1.29, 1.82) is 0 Å². The van der Waals surface area contributed by atoms with E-state index in [1.165, 1.54) is 0 Å². The Hall–Kier alpha value is -1.58. The van der Waals surface area contributed by atoms with Crippen molar-refractivity contribution in [1.82, 2.24) is 9.88 Å². The van der Waals surface area contributed by atoms with Gasteiger partial charge in [0.1, 0.15) is 5.60 Å². The third-order valence-electron chi connectivity index (χ3n) is 2.97. The van der Waals surface area contributed by atoms with E-state index in [0.717, 1.165) is 24.9 Å². The zero-order valence-electron chi connectivity index (χ0n) is 11.2. The molecule has 2 heterocycles. The van der Waals surface area contributed by atoms with E-state index in [2.05, 4.69) is 4.98 Å². The van der Waals surface area contributed by atoms with Crippen molar-refractivity contribution >= 4 is 6.09 Å². The highest BCUT2D eigenvalue weighted by Crippen LogP contribution is 2.32. The smallest absolute Gasteiger partial charge is 0.410 e. The van der Waals surface area contributed by atoms with E-state index in [1.807, 2.05) is 37.8 Å². The summed E-state index contributed by atoms with van der Waals surface area (Å²) in [6.07, 6.45) is 5.32. The topological polar surface area (TPSA) is 42.4 Å². The zero-order valence-corrected chi connectivity index (χ0v) is 11.2. The Bertz CT molecular complexity index is 412. The molecule has 4 nitrogen and oxygen atoms in total. The predicted molar refractivity (Wildman–Crippen MR) is 69.2 cm³/mol. The van der Waals surface area contributed by atoms with Crippen molar-refractivity contribution in [3.8, 4) is 0 Å². The van der Waals surface area contributed by atoms with Crippen molar-refractivity contribution in [2.75, 3.05) is 6.54 Å². The summed E-state index contributed by atoms with van der Waals surface area (Å²) < 4.78 is 5.44. The molecule has 0 aliphatic carbocycles. The van der Waals surface area contributed by atoms with Crippen LogP contribution in [-0.4, -0.2) is 28.1 Å². The van der Waals surface area contributed by atoms with Gasteiger partial charge in [-0.15, -0.1) is 0 Å². The number of pyridine rings is 1. The Labute approximate surface area is 108 Å². The lowest BCUT2D eigenvalue weighted by atomic mass is 10.1. The summed E-state index contributed by atoms with van der Waals surface area (Å²) in [5, 5.41) is 0. The van der Waals surface area contributed by atoms with Gasteiger partial charge >= 0.3 is 6.09 Å². The second-order valence-corrected chi connectivity index (χ2v) is 5.61. The van der Waals surface area contributed by atoms with Crippen molar-refractivity contribution in [2.45, 2.75) is 45.3 Å². The highest BCUT2D eigenvalue weighted by Gasteiger charge is 2.32. The van der Waals surface area contributed by atoms with Crippen molar-refractivity contribution in [3.05, 3.63) is 30.1 Å². The fourth-order valence-electron chi connectivity index (χ4n) is 2.24. The molecule has 1 saturated heterocycles. The molecule has 1 aliphatic heterocycles. The molecule has 0 unspecified atom stereocenters. The fraction of sp³-hybridized carbons (Fsp3) is 0.571. The first-order chi connectivity index (χ1) is 8.47. The molecule has 0 N–H and O–H groups in total. The van der Waals surface area contributed by atoms with Gasteiger partial charge in [-0.3, -0.25) is 4.98 Å². The number of hydrogen-bond acceptors (Lipinski definition) is 3. The zero-order chi connectivity index (χ0) is 13.2. The number of likely N-dealkylation sites (tertiary alicyclic amines) is 1. The van der Waals surface area contributed by atoms with Crippen LogP contribution in [0.2, 0.25) is 0 Å². The van der Waals surface area contributed by atoms with Crippen LogP contribution in [0.25, 0.3) is 0 Å². The van der Waals surface area contributed by atoms with E-state index < -0.39 is 5.60 Å². The number of amides is 1. The minimum Gasteiger partial charge on any atom is -0.444 e. The van der Waals surface area contributed by atoms with Crippen molar-refractivity contribution < 1.29 is 9.53 Å². The number of aromatic nitrogens is 1. The Balaban J connectivity index is 2.11. The van der Waals surface area contributed by atoms with E-state index in [1.54, 1.807) is 12.4 Å². The highest BCUT2D eigenvalue weighted by atomic mass is 16.6. The molecule has 0 spiro atoms. The summed E-state index contributed by atoms with van der Waals surface area (Å²) in [4.78, 5) is 18.0. The van der Waals surface area contributed by atoms with E-state index in [0.29, 0.717) is 0 Å². The molecule has 98 valence electrons. The summed E-state index contributed by atoms with van der Waals surface area (Å²) in [6.45, 7) is 6.44. The third kappa shape index (κ3) is 3.00. The van der Waals surface area contributed by atoms with Gasteiger partial charge in [0.05, 0.1) is 6.04 Å². The lowest BCUT2D eigenvalue weighted by molar-refractivity contribution is 0.0224. The van der Waals surface area contributed by atoms with Gasteiger partial charge < -0.3 is 9.64 Å². The maximum atomic E-state index is 12.1. The quantitative estimate of drug-likeness (QED) is 0.766. The van der Waals surface area contributed by atoms with Gasteiger partial charge in [-0.05, 0) is 51.3 Å². The summed E-state index contributed by atoms with van der Waals surface area (Å²) in [7, 11) is 0. The molecule has 1 atom stereocenters. The second kappa shape index (κ2) is 4.96. The van der Waals surface area contributed by atoms with E-state index in [4.69, 9.17) is 4.74 Å². The van der Waals surface area contributed by atoms with E-state index in [-0.39, 0.29) is 12.1 Å². The standard InChI is InChI=1S/C14H20N2O2/c1-14(2,3)18-13(17)16-10-4-5-12(16)11-6-8-15-9-7-11/h6-9,12H,4-5,10H2,1-3H3/t12-/m0/s1. The van der Waals surface area contributed by atoms with E-state index in [9.17, 15) is 4.79 Å². The first-order valence-corrected chi connectivity index (χ1v) is 6.37. The Morgan fingerprint density at radius 2 is 2.06 bits per heavy atom. The van der Waals surface area contributed by atoms with Crippen LogP contribution >= 0.6 is 0 Å². The first kappa shape index (κ1) is 12.9. The van der Waals surface area contributed by atoms with Crippen molar-refractivity contribution in [2.24, 2.45) is 0 Å². The van der Waals surface area contributed by atoms with Crippen LogP contribution in [0.3, 0.4) is 0 Å². The molecule has 4 heteroatoms. The van der Waals surface area contributed by atoms with Gasteiger partial charge in [-0.2, -0.15) is 0 Å². The fourth-order valence-corrected chi connectivity index (χ4v) is 2.24. The number of rotatable bonds is 1. The Morgan fingerprint density at radius 1 is 1.39 bits per heavy atom. The molecular weight excluding hydrogens is 228 g/mol. The monoisotopic (exact) mass is 248 g/mol. The molecule has 1 amide bonds. The maximum Gasteiger partial charge on any atom is 0.410 e. The molecule has 0 aromatic carbocycles. The average molecular weight is 248 g/mol. The Kier molecular flexibility index (Phi) is 3.55. The lowest BCUT2D eigenvalue weighted by Gasteiger charge is -2.28. The van der Waals surface area contributed by atoms with Crippen LogP contribution in [0.5, 0.6) is 0 Å². The first-order valence-electron chi connectivity index (χ1n) is 6.37. The number of ether oxygens (including phenoxy) is 1. The van der Waals surface area contributed by atoms with E-state index >= 15 is 0 Å². The van der Waals surface area contributed by atoms with Gasteiger partial charge in [0.15, 0.2) is 0 Å². The molecular formula is C14H20N2O2. The molecule has 0 radical (unpaired) electrons. The number of nitrogens with zero attached hydrogens (tertiary/aromatic N) is 2. The largest absolute Gasteiger partial charge is 0.444 e.